The lowest BCUT2D eigenvalue weighted by Crippen LogP contribution is -2.35. The second kappa shape index (κ2) is 7.20. The van der Waals surface area contributed by atoms with Crippen molar-refractivity contribution in [3.8, 4) is 0 Å². The van der Waals surface area contributed by atoms with Gasteiger partial charge in [-0.25, -0.2) is 0 Å². The van der Waals surface area contributed by atoms with Crippen LogP contribution in [0, 0.1) is 0 Å². The van der Waals surface area contributed by atoms with E-state index in [0.717, 1.165) is 0 Å². The van der Waals surface area contributed by atoms with Gasteiger partial charge in [-0.2, -0.15) is 0 Å². The van der Waals surface area contributed by atoms with Crippen LogP contribution in [0.3, 0.4) is 0 Å². The van der Waals surface area contributed by atoms with Crippen molar-refractivity contribution in [2.24, 2.45) is 0 Å². The quantitative estimate of drug-likeness (QED) is 0.614. The molecule has 0 aromatic heterocycles. The molecule has 0 amide bonds. The van der Waals surface area contributed by atoms with E-state index in [2.05, 4.69) is 37.4 Å². The topological polar surface area (TPSA) is 12.0 Å². The first-order valence-electron chi connectivity index (χ1n) is 7.32. The number of fused-ring (bicyclic) bond motifs is 1. The van der Waals surface area contributed by atoms with Crippen LogP contribution in [-0.2, 0) is 12.8 Å². The first kappa shape index (κ1) is 14.0. The molecule has 18 heavy (non-hydrogen) atoms. The average Bonchev–Trinajstić information content (AvgIpc) is 2.40. The standard InChI is InChI=1S/C16H25NS/c1-3-5-11-17-14-10-9-13-7-6-8-16(18-4-2)15(13)12-14/h6-8,14,17H,3-5,9-12H2,1-2H3. The predicted octanol–water partition coefficient (Wildman–Crippen LogP) is 4.05. The van der Waals surface area contributed by atoms with Gasteiger partial charge in [-0.3, -0.25) is 0 Å². The molecule has 0 aliphatic heterocycles. The molecular weight excluding hydrogens is 238 g/mol. The van der Waals surface area contributed by atoms with Crippen molar-refractivity contribution in [3.63, 3.8) is 0 Å². The predicted molar refractivity (Wildman–Crippen MR) is 81.6 cm³/mol. The van der Waals surface area contributed by atoms with Gasteiger partial charge in [-0.05, 0) is 55.2 Å². The Morgan fingerprint density at radius 2 is 2.22 bits per heavy atom. The largest absolute Gasteiger partial charge is 0.314 e. The smallest absolute Gasteiger partial charge is 0.0111 e. The Morgan fingerprint density at radius 3 is 3.00 bits per heavy atom. The summed E-state index contributed by atoms with van der Waals surface area (Å²) in [4.78, 5) is 1.51. The maximum Gasteiger partial charge on any atom is 0.0111 e. The van der Waals surface area contributed by atoms with Gasteiger partial charge in [0.25, 0.3) is 0 Å². The molecule has 0 saturated heterocycles. The highest BCUT2D eigenvalue weighted by Gasteiger charge is 2.20. The lowest BCUT2D eigenvalue weighted by Gasteiger charge is -2.27. The molecule has 0 saturated carbocycles. The highest BCUT2D eigenvalue weighted by Crippen LogP contribution is 2.30. The molecule has 1 aliphatic rings. The minimum atomic E-state index is 0.697. The molecular formula is C16H25NS. The molecule has 1 aromatic rings. The number of hydrogen-bond acceptors (Lipinski definition) is 2. The van der Waals surface area contributed by atoms with E-state index in [-0.39, 0.29) is 0 Å². The second-order valence-electron chi connectivity index (χ2n) is 5.07. The molecule has 100 valence electrons. The molecule has 1 nitrogen and oxygen atoms in total. The van der Waals surface area contributed by atoms with E-state index < -0.39 is 0 Å². The van der Waals surface area contributed by atoms with E-state index in [1.165, 1.54) is 49.3 Å². The number of hydrogen-bond donors (Lipinski definition) is 1. The normalized spacial score (nSPS) is 18.7. The van der Waals surface area contributed by atoms with Crippen molar-refractivity contribution < 1.29 is 0 Å². The Bertz CT molecular complexity index is 375. The number of unbranched alkanes of at least 4 members (excludes halogenated alkanes) is 1. The highest BCUT2D eigenvalue weighted by molar-refractivity contribution is 7.99. The number of nitrogens with one attached hydrogen (secondary N) is 1. The Kier molecular flexibility index (Phi) is 5.58. The van der Waals surface area contributed by atoms with Crippen LogP contribution in [0.25, 0.3) is 0 Å². The highest BCUT2D eigenvalue weighted by atomic mass is 32.2. The third-order valence-electron chi connectivity index (χ3n) is 3.71. The fourth-order valence-corrected chi connectivity index (χ4v) is 3.58. The molecule has 1 aliphatic carbocycles. The average molecular weight is 263 g/mol. The van der Waals surface area contributed by atoms with E-state index in [4.69, 9.17) is 0 Å². The third kappa shape index (κ3) is 3.52. The minimum absolute atomic E-state index is 0.697. The maximum absolute atomic E-state index is 3.72. The summed E-state index contributed by atoms with van der Waals surface area (Å²) >= 11 is 1.99. The second-order valence-corrected chi connectivity index (χ2v) is 6.38. The molecule has 0 fully saturated rings. The molecule has 0 radical (unpaired) electrons. The van der Waals surface area contributed by atoms with Gasteiger partial charge in [-0.1, -0.05) is 32.4 Å². The van der Waals surface area contributed by atoms with E-state index in [0.29, 0.717) is 6.04 Å². The Balaban J connectivity index is 2.02. The van der Waals surface area contributed by atoms with Gasteiger partial charge in [0.1, 0.15) is 0 Å². The Hall–Kier alpha value is -0.470. The van der Waals surface area contributed by atoms with Crippen molar-refractivity contribution >= 4 is 11.8 Å². The van der Waals surface area contributed by atoms with E-state index in [9.17, 15) is 0 Å². The summed E-state index contributed by atoms with van der Waals surface area (Å²) in [7, 11) is 0. The van der Waals surface area contributed by atoms with Gasteiger partial charge in [0.2, 0.25) is 0 Å². The summed E-state index contributed by atoms with van der Waals surface area (Å²) in [5, 5.41) is 3.72. The van der Waals surface area contributed by atoms with Crippen LogP contribution in [0.1, 0.15) is 44.2 Å². The Morgan fingerprint density at radius 1 is 1.33 bits per heavy atom. The van der Waals surface area contributed by atoms with Crippen LogP contribution in [0.15, 0.2) is 23.1 Å². The van der Waals surface area contributed by atoms with E-state index in [1.54, 1.807) is 11.1 Å². The van der Waals surface area contributed by atoms with Crippen LogP contribution < -0.4 is 5.32 Å². The van der Waals surface area contributed by atoms with E-state index in [1.807, 2.05) is 11.8 Å². The van der Waals surface area contributed by atoms with Crippen LogP contribution >= 0.6 is 11.8 Å². The monoisotopic (exact) mass is 263 g/mol. The number of rotatable bonds is 6. The van der Waals surface area contributed by atoms with Crippen molar-refractivity contribution in [3.05, 3.63) is 29.3 Å². The number of aryl methyl sites for hydroxylation is 1. The van der Waals surface area contributed by atoms with Crippen LogP contribution in [0.2, 0.25) is 0 Å². The zero-order chi connectivity index (χ0) is 12.8. The number of benzene rings is 1. The lowest BCUT2D eigenvalue weighted by atomic mass is 9.88. The molecule has 0 heterocycles. The molecule has 1 aromatic carbocycles. The summed E-state index contributed by atoms with van der Waals surface area (Å²) in [6, 6.07) is 7.53. The minimum Gasteiger partial charge on any atom is -0.314 e. The van der Waals surface area contributed by atoms with Crippen LogP contribution in [-0.4, -0.2) is 18.3 Å². The molecule has 0 bridgehead atoms. The molecule has 1 atom stereocenters. The first-order chi connectivity index (χ1) is 8.85. The summed E-state index contributed by atoms with van der Waals surface area (Å²) in [5.41, 5.74) is 3.20. The summed E-state index contributed by atoms with van der Waals surface area (Å²) in [6.07, 6.45) is 6.36. The zero-order valence-corrected chi connectivity index (χ0v) is 12.5. The lowest BCUT2D eigenvalue weighted by molar-refractivity contribution is 0.450. The third-order valence-corrected chi connectivity index (χ3v) is 4.69. The molecule has 1 N–H and O–H groups in total. The molecule has 0 spiro atoms. The maximum atomic E-state index is 3.72. The van der Waals surface area contributed by atoms with Gasteiger partial charge < -0.3 is 5.32 Å². The molecule has 2 rings (SSSR count). The van der Waals surface area contributed by atoms with Gasteiger partial charge >= 0.3 is 0 Å². The summed E-state index contributed by atoms with van der Waals surface area (Å²) < 4.78 is 0. The van der Waals surface area contributed by atoms with Crippen molar-refractivity contribution in [2.45, 2.75) is 56.9 Å². The van der Waals surface area contributed by atoms with Gasteiger partial charge in [0.15, 0.2) is 0 Å². The van der Waals surface area contributed by atoms with Crippen LogP contribution in [0.5, 0.6) is 0 Å². The summed E-state index contributed by atoms with van der Waals surface area (Å²) in [5.74, 6) is 1.17. The number of thioether (sulfide) groups is 1. The van der Waals surface area contributed by atoms with Gasteiger partial charge in [-0.15, -0.1) is 11.8 Å². The fraction of sp³-hybridized carbons (Fsp3) is 0.625. The van der Waals surface area contributed by atoms with Crippen molar-refractivity contribution in [1.29, 1.82) is 0 Å². The zero-order valence-electron chi connectivity index (χ0n) is 11.7. The summed E-state index contributed by atoms with van der Waals surface area (Å²) in [6.45, 7) is 5.68. The first-order valence-corrected chi connectivity index (χ1v) is 8.30. The van der Waals surface area contributed by atoms with Crippen molar-refractivity contribution in [2.75, 3.05) is 12.3 Å². The SMILES string of the molecule is CCCCNC1CCc2cccc(SCC)c2C1. The van der Waals surface area contributed by atoms with E-state index >= 15 is 0 Å². The Labute approximate surface area is 116 Å². The molecule has 2 heteroatoms. The fourth-order valence-electron chi connectivity index (χ4n) is 2.70. The van der Waals surface area contributed by atoms with Crippen LogP contribution in [0.4, 0.5) is 0 Å². The van der Waals surface area contributed by atoms with Crippen molar-refractivity contribution in [1.82, 2.24) is 5.32 Å². The van der Waals surface area contributed by atoms with Gasteiger partial charge in [0.05, 0.1) is 0 Å². The van der Waals surface area contributed by atoms with Gasteiger partial charge in [0, 0.05) is 10.9 Å². The molecule has 1 unspecified atom stereocenters.